The highest BCUT2D eigenvalue weighted by Crippen LogP contribution is 2.34. The summed E-state index contributed by atoms with van der Waals surface area (Å²) >= 11 is 18.4. The van der Waals surface area contributed by atoms with Crippen LogP contribution in [0.15, 0.2) is 30.3 Å². The van der Waals surface area contributed by atoms with Crippen molar-refractivity contribution in [2.45, 2.75) is 26.4 Å². The first kappa shape index (κ1) is 24.1. The molecule has 9 heteroatoms. The van der Waals surface area contributed by atoms with Crippen molar-refractivity contribution in [1.82, 2.24) is 0 Å². The molecule has 0 atom stereocenters. The fraction of sp³-hybridized carbons (Fsp3) is 0.333. The molecule has 162 valence electrons. The molecule has 2 aromatic rings. The first-order valence-electron chi connectivity index (χ1n) is 8.86. The molecule has 0 aliphatic carbocycles. The molecule has 0 unspecified atom stereocenters. The number of carbonyl (C=O) groups is 2. The molecule has 0 bridgehead atoms. The van der Waals surface area contributed by atoms with Crippen molar-refractivity contribution in [2.24, 2.45) is 0 Å². The maximum atomic E-state index is 13.4. The van der Waals surface area contributed by atoms with Crippen LogP contribution in [-0.2, 0) is 9.53 Å². The first-order chi connectivity index (χ1) is 13.9. The van der Waals surface area contributed by atoms with Gasteiger partial charge in [-0.25, -0.2) is 0 Å². The number of hydrogen-bond donors (Lipinski definition) is 0. The molecule has 30 heavy (non-hydrogen) atoms. The highest BCUT2D eigenvalue weighted by atomic mass is 35.5. The number of halogens is 3. The van der Waals surface area contributed by atoms with Gasteiger partial charge >= 0.3 is 5.97 Å². The van der Waals surface area contributed by atoms with Gasteiger partial charge in [0.05, 0.1) is 35.5 Å². The van der Waals surface area contributed by atoms with E-state index in [2.05, 4.69) is 0 Å². The Kier molecular flexibility index (Phi) is 7.86. The topological polar surface area (TPSA) is 65.1 Å². The quantitative estimate of drug-likeness (QED) is 0.506. The molecular weight excluding hydrogens is 453 g/mol. The maximum Gasteiger partial charge on any atom is 0.326 e. The van der Waals surface area contributed by atoms with Crippen LogP contribution >= 0.6 is 34.8 Å². The number of benzene rings is 2. The van der Waals surface area contributed by atoms with Gasteiger partial charge in [0.2, 0.25) is 0 Å². The summed E-state index contributed by atoms with van der Waals surface area (Å²) in [6, 6.07) is 7.62. The SMILES string of the molecule is COc1cc(OC)cc(N(CC(=O)OC(C)(C)C)C(=O)c2c(Cl)cc(Cl)cc2Cl)c1. The molecule has 2 aromatic carbocycles. The fourth-order valence-electron chi connectivity index (χ4n) is 2.61. The highest BCUT2D eigenvalue weighted by molar-refractivity contribution is 6.42. The lowest BCUT2D eigenvalue weighted by atomic mass is 10.1. The van der Waals surface area contributed by atoms with E-state index in [1.807, 2.05) is 0 Å². The summed E-state index contributed by atoms with van der Waals surface area (Å²) in [4.78, 5) is 27.2. The average molecular weight is 475 g/mol. The molecule has 1 amide bonds. The number of ether oxygens (including phenoxy) is 3. The summed E-state index contributed by atoms with van der Waals surface area (Å²) in [5.41, 5.74) is -0.384. The second kappa shape index (κ2) is 9.77. The normalized spacial score (nSPS) is 11.1. The van der Waals surface area contributed by atoms with Crippen LogP contribution < -0.4 is 14.4 Å². The van der Waals surface area contributed by atoms with Crippen molar-refractivity contribution < 1.29 is 23.8 Å². The number of methoxy groups -OCH3 is 2. The minimum Gasteiger partial charge on any atom is -0.497 e. The van der Waals surface area contributed by atoms with Gasteiger partial charge < -0.3 is 14.2 Å². The third-order valence-electron chi connectivity index (χ3n) is 3.82. The minimum atomic E-state index is -0.729. The zero-order valence-corrected chi connectivity index (χ0v) is 19.5. The molecule has 0 saturated heterocycles. The molecule has 0 spiro atoms. The third kappa shape index (κ3) is 6.17. The number of rotatable bonds is 6. The van der Waals surface area contributed by atoms with E-state index in [4.69, 9.17) is 49.0 Å². The smallest absolute Gasteiger partial charge is 0.326 e. The number of hydrogen-bond acceptors (Lipinski definition) is 5. The Morgan fingerprint density at radius 1 is 0.900 bits per heavy atom. The fourth-order valence-corrected chi connectivity index (χ4v) is 3.59. The van der Waals surface area contributed by atoms with E-state index in [9.17, 15) is 9.59 Å². The van der Waals surface area contributed by atoms with Crippen molar-refractivity contribution in [3.05, 3.63) is 51.0 Å². The van der Waals surface area contributed by atoms with Gasteiger partial charge in [0.15, 0.2) is 0 Å². The molecule has 0 aliphatic rings. The Morgan fingerprint density at radius 3 is 1.83 bits per heavy atom. The lowest BCUT2D eigenvalue weighted by molar-refractivity contribution is -0.152. The van der Waals surface area contributed by atoms with Crippen molar-refractivity contribution in [3.8, 4) is 11.5 Å². The summed E-state index contributed by atoms with van der Waals surface area (Å²) in [6.45, 7) is 4.82. The molecule has 0 aromatic heterocycles. The lowest BCUT2D eigenvalue weighted by Crippen LogP contribution is -2.39. The summed E-state index contributed by atoms with van der Waals surface area (Å²) in [6.07, 6.45) is 0. The maximum absolute atomic E-state index is 13.4. The predicted molar refractivity (Wildman–Crippen MR) is 119 cm³/mol. The van der Waals surface area contributed by atoms with E-state index in [0.717, 1.165) is 0 Å². The summed E-state index contributed by atoms with van der Waals surface area (Å²) < 4.78 is 15.9. The van der Waals surface area contributed by atoms with Gasteiger partial charge in [-0.3, -0.25) is 14.5 Å². The van der Waals surface area contributed by atoms with Gasteiger partial charge in [-0.05, 0) is 32.9 Å². The van der Waals surface area contributed by atoms with Gasteiger partial charge in [0.25, 0.3) is 5.91 Å². The van der Waals surface area contributed by atoms with E-state index in [0.29, 0.717) is 17.2 Å². The van der Waals surface area contributed by atoms with Gasteiger partial charge in [0.1, 0.15) is 23.6 Å². The van der Waals surface area contributed by atoms with Gasteiger partial charge in [0, 0.05) is 23.2 Å². The Balaban J connectivity index is 2.57. The van der Waals surface area contributed by atoms with Crippen LogP contribution in [0.5, 0.6) is 11.5 Å². The van der Waals surface area contributed by atoms with Crippen LogP contribution in [-0.4, -0.2) is 38.2 Å². The average Bonchev–Trinajstić information content (AvgIpc) is 2.63. The van der Waals surface area contributed by atoms with E-state index in [1.165, 1.54) is 31.3 Å². The van der Waals surface area contributed by atoms with Gasteiger partial charge in [-0.1, -0.05) is 34.8 Å². The number of amides is 1. The largest absolute Gasteiger partial charge is 0.497 e. The van der Waals surface area contributed by atoms with Crippen LogP contribution in [0.3, 0.4) is 0 Å². The zero-order valence-electron chi connectivity index (χ0n) is 17.2. The van der Waals surface area contributed by atoms with Crippen molar-refractivity contribution in [3.63, 3.8) is 0 Å². The summed E-state index contributed by atoms with van der Waals surface area (Å²) in [7, 11) is 2.96. The molecule has 0 heterocycles. The molecule has 0 N–H and O–H groups in total. The van der Waals surface area contributed by atoms with Gasteiger partial charge in [-0.2, -0.15) is 0 Å². The van der Waals surface area contributed by atoms with E-state index in [1.54, 1.807) is 39.0 Å². The Hall–Kier alpha value is -2.15. The van der Waals surface area contributed by atoms with Crippen molar-refractivity contribution in [2.75, 3.05) is 25.7 Å². The molecule has 2 rings (SSSR count). The number of carbonyl (C=O) groups excluding carboxylic acids is 2. The van der Waals surface area contributed by atoms with Crippen LogP contribution in [0.2, 0.25) is 15.1 Å². The lowest BCUT2D eigenvalue weighted by Gasteiger charge is -2.26. The molecular formula is C21H22Cl3NO5. The highest BCUT2D eigenvalue weighted by Gasteiger charge is 2.28. The second-order valence-corrected chi connectivity index (χ2v) is 8.54. The number of esters is 1. The van der Waals surface area contributed by atoms with Gasteiger partial charge in [-0.15, -0.1) is 0 Å². The minimum absolute atomic E-state index is 0.00748. The van der Waals surface area contributed by atoms with Crippen LogP contribution in [0.25, 0.3) is 0 Å². The molecule has 0 saturated carbocycles. The van der Waals surface area contributed by atoms with Crippen LogP contribution in [0.4, 0.5) is 5.69 Å². The van der Waals surface area contributed by atoms with E-state index < -0.39 is 17.5 Å². The second-order valence-electron chi connectivity index (χ2n) is 7.29. The summed E-state index contributed by atoms with van der Waals surface area (Å²) in [5, 5.41) is 0.395. The van der Waals surface area contributed by atoms with E-state index >= 15 is 0 Å². The molecule has 0 fully saturated rings. The first-order valence-corrected chi connectivity index (χ1v) is 10.00. The van der Waals surface area contributed by atoms with Crippen LogP contribution in [0.1, 0.15) is 31.1 Å². The molecule has 6 nitrogen and oxygen atoms in total. The monoisotopic (exact) mass is 473 g/mol. The number of nitrogens with zero attached hydrogens (tertiary/aromatic N) is 1. The zero-order chi connectivity index (χ0) is 22.6. The van der Waals surface area contributed by atoms with Crippen molar-refractivity contribution >= 4 is 52.4 Å². The number of anilines is 1. The molecule has 0 radical (unpaired) electrons. The Labute approximate surface area is 190 Å². The van der Waals surface area contributed by atoms with E-state index in [-0.39, 0.29) is 27.2 Å². The third-order valence-corrected chi connectivity index (χ3v) is 4.64. The van der Waals surface area contributed by atoms with Crippen LogP contribution in [0, 0.1) is 0 Å². The predicted octanol–water partition coefficient (Wildman–Crippen LogP) is 5.65. The standard InChI is InChI=1S/C21H22Cl3NO5/c1-21(2,3)30-18(26)11-25(13-8-14(28-4)10-15(9-13)29-5)20(27)19-16(23)6-12(22)7-17(19)24/h6-10H,11H2,1-5H3. The Bertz CT molecular complexity index is 911. The van der Waals surface area contributed by atoms with Crippen molar-refractivity contribution in [1.29, 1.82) is 0 Å². The summed E-state index contributed by atoms with van der Waals surface area (Å²) in [5.74, 6) is -0.360. The Morgan fingerprint density at radius 2 is 1.40 bits per heavy atom. The molecule has 0 aliphatic heterocycles.